The van der Waals surface area contributed by atoms with E-state index < -0.39 is 0 Å². The molecule has 1 aliphatic rings. The lowest BCUT2D eigenvalue weighted by atomic mass is 9.87. The van der Waals surface area contributed by atoms with Crippen LogP contribution in [0.15, 0.2) is 18.2 Å². The van der Waals surface area contributed by atoms with Crippen molar-refractivity contribution in [3.63, 3.8) is 0 Å². The number of rotatable bonds is 5. The van der Waals surface area contributed by atoms with Crippen LogP contribution in [0.4, 0.5) is 0 Å². The molecule has 0 aromatic heterocycles. The largest absolute Gasteiger partial charge is 0.496 e. The Bertz CT molecular complexity index is 406. The van der Waals surface area contributed by atoms with Crippen molar-refractivity contribution in [2.45, 2.75) is 45.3 Å². The molecule has 0 spiro atoms. The van der Waals surface area contributed by atoms with E-state index in [0.717, 1.165) is 38.1 Å². The van der Waals surface area contributed by atoms with E-state index >= 15 is 0 Å². The molecular weight excluding hydrogens is 238 g/mol. The highest BCUT2D eigenvalue weighted by atomic mass is 16.5. The van der Waals surface area contributed by atoms with Gasteiger partial charge in [0.1, 0.15) is 5.75 Å². The van der Waals surface area contributed by atoms with Crippen LogP contribution in [0.1, 0.15) is 36.8 Å². The number of hydrogen-bond acceptors (Lipinski definition) is 3. The molecule has 3 heteroatoms. The summed E-state index contributed by atoms with van der Waals surface area (Å²) in [7, 11) is 1.71. The molecule has 106 valence electrons. The van der Waals surface area contributed by atoms with Gasteiger partial charge in [0.05, 0.1) is 13.2 Å². The zero-order valence-corrected chi connectivity index (χ0v) is 12.0. The summed E-state index contributed by atoms with van der Waals surface area (Å²) >= 11 is 0. The van der Waals surface area contributed by atoms with Gasteiger partial charge in [-0.15, -0.1) is 0 Å². The first-order valence-corrected chi connectivity index (χ1v) is 7.21. The van der Waals surface area contributed by atoms with Gasteiger partial charge in [0, 0.05) is 12.1 Å². The van der Waals surface area contributed by atoms with Crippen molar-refractivity contribution in [3.05, 3.63) is 29.3 Å². The van der Waals surface area contributed by atoms with Crippen molar-refractivity contribution in [2.75, 3.05) is 13.7 Å². The number of methoxy groups -OCH3 is 1. The summed E-state index contributed by atoms with van der Waals surface area (Å²) in [6.07, 6.45) is 4.21. The summed E-state index contributed by atoms with van der Waals surface area (Å²) in [5, 5.41) is 13.2. The molecule has 0 heterocycles. The lowest BCUT2D eigenvalue weighted by molar-refractivity contribution is 0.101. The van der Waals surface area contributed by atoms with E-state index in [1.54, 1.807) is 7.11 Å². The molecule has 0 aliphatic heterocycles. The maximum absolute atomic E-state index is 9.67. The van der Waals surface area contributed by atoms with E-state index in [4.69, 9.17) is 4.74 Å². The standard InChI is InChI=1S/C16H25NO2/c1-12-6-7-16(19-2)14(8-12)11-17-10-13-4-3-5-15(18)9-13/h6-8,13,15,17-18H,3-5,9-11H2,1-2H3. The number of nitrogens with one attached hydrogen (secondary N) is 1. The second-order valence-corrected chi connectivity index (χ2v) is 5.63. The van der Waals surface area contributed by atoms with Crippen LogP contribution in [-0.4, -0.2) is 24.9 Å². The Balaban J connectivity index is 1.83. The number of hydrogen-bond donors (Lipinski definition) is 2. The Hall–Kier alpha value is -1.06. The number of benzene rings is 1. The third kappa shape index (κ3) is 4.22. The van der Waals surface area contributed by atoms with Crippen molar-refractivity contribution in [1.82, 2.24) is 5.32 Å². The molecule has 1 fully saturated rings. The SMILES string of the molecule is COc1ccc(C)cc1CNCC1CCCC(O)C1. The summed E-state index contributed by atoms with van der Waals surface area (Å²) < 4.78 is 5.38. The Morgan fingerprint density at radius 3 is 2.95 bits per heavy atom. The smallest absolute Gasteiger partial charge is 0.123 e. The van der Waals surface area contributed by atoms with Crippen molar-refractivity contribution in [1.29, 1.82) is 0 Å². The second kappa shape index (κ2) is 6.92. The van der Waals surface area contributed by atoms with Crippen LogP contribution in [0.5, 0.6) is 5.75 Å². The van der Waals surface area contributed by atoms with Gasteiger partial charge in [-0.25, -0.2) is 0 Å². The molecule has 1 aromatic carbocycles. The summed E-state index contributed by atoms with van der Waals surface area (Å²) in [5.41, 5.74) is 2.46. The lowest BCUT2D eigenvalue weighted by Gasteiger charge is -2.26. The monoisotopic (exact) mass is 263 g/mol. The molecule has 1 aromatic rings. The first-order chi connectivity index (χ1) is 9.19. The fraction of sp³-hybridized carbons (Fsp3) is 0.625. The lowest BCUT2D eigenvalue weighted by Crippen LogP contribution is -2.29. The van der Waals surface area contributed by atoms with Crippen molar-refractivity contribution >= 4 is 0 Å². The van der Waals surface area contributed by atoms with Gasteiger partial charge >= 0.3 is 0 Å². The van der Waals surface area contributed by atoms with E-state index in [9.17, 15) is 5.11 Å². The van der Waals surface area contributed by atoms with E-state index in [1.807, 2.05) is 6.07 Å². The number of aliphatic hydroxyl groups excluding tert-OH is 1. The fourth-order valence-electron chi connectivity index (χ4n) is 2.90. The molecule has 3 nitrogen and oxygen atoms in total. The molecule has 2 unspecified atom stereocenters. The Morgan fingerprint density at radius 1 is 1.37 bits per heavy atom. The van der Waals surface area contributed by atoms with Gasteiger partial charge in [0.25, 0.3) is 0 Å². The van der Waals surface area contributed by atoms with Crippen LogP contribution < -0.4 is 10.1 Å². The van der Waals surface area contributed by atoms with Gasteiger partial charge in [-0.3, -0.25) is 0 Å². The molecule has 2 atom stereocenters. The highest BCUT2D eigenvalue weighted by Crippen LogP contribution is 2.24. The molecular formula is C16H25NO2. The van der Waals surface area contributed by atoms with Crippen molar-refractivity contribution in [3.8, 4) is 5.75 Å². The van der Waals surface area contributed by atoms with Crippen molar-refractivity contribution in [2.24, 2.45) is 5.92 Å². The second-order valence-electron chi connectivity index (χ2n) is 5.63. The maximum Gasteiger partial charge on any atom is 0.123 e. The molecule has 0 saturated heterocycles. The van der Waals surface area contributed by atoms with Gasteiger partial charge in [-0.1, -0.05) is 24.1 Å². The quantitative estimate of drug-likeness (QED) is 0.858. The molecule has 1 aliphatic carbocycles. The van der Waals surface area contributed by atoms with Gasteiger partial charge in [0.15, 0.2) is 0 Å². The third-order valence-corrected chi connectivity index (χ3v) is 3.94. The van der Waals surface area contributed by atoms with E-state index in [0.29, 0.717) is 5.92 Å². The Kier molecular flexibility index (Phi) is 5.23. The molecule has 2 rings (SSSR count). The highest BCUT2D eigenvalue weighted by Gasteiger charge is 2.19. The van der Waals surface area contributed by atoms with Gasteiger partial charge in [-0.05, 0) is 44.7 Å². The van der Waals surface area contributed by atoms with E-state index in [1.165, 1.54) is 17.5 Å². The van der Waals surface area contributed by atoms with Crippen LogP contribution in [0.25, 0.3) is 0 Å². The summed E-state index contributed by atoms with van der Waals surface area (Å²) in [6.45, 7) is 3.91. The predicted octanol–water partition coefficient (Wildman–Crippen LogP) is 2.64. The summed E-state index contributed by atoms with van der Waals surface area (Å²) in [4.78, 5) is 0. The van der Waals surface area contributed by atoms with Crippen LogP contribution in [0, 0.1) is 12.8 Å². The van der Waals surface area contributed by atoms with Crippen molar-refractivity contribution < 1.29 is 9.84 Å². The molecule has 1 saturated carbocycles. The molecule has 0 amide bonds. The number of aryl methyl sites for hydroxylation is 1. The van der Waals surface area contributed by atoms with Gasteiger partial charge in [-0.2, -0.15) is 0 Å². The molecule has 0 bridgehead atoms. The normalized spacial score (nSPS) is 23.3. The third-order valence-electron chi connectivity index (χ3n) is 3.94. The van der Waals surface area contributed by atoms with Crippen LogP contribution >= 0.6 is 0 Å². The fourth-order valence-corrected chi connectivity index (χ4v) is 2.90. The maximum atomic E-state index is 9.67. The zero-order valence-electron chi connectivity index (χ0n) is 12.0. The summed E-state index contributed by atoms with van der Waals surface area (Å²) in [5.74, 6) is 1.56. The van der Waals surface area contributed by atoms with Crippen LogP contribution in [0.3, 0.4) is 0 Å². The Labute approximate surface area is 116 Å². The zero-order chi connectivity index (χ0) is 13.7. The molecule has 0 radical (unpaired) electrons. The first kappa shape index (κ1) is 14.4. The van der Waals surface area contributed by atoms with E-state index in [-0.39, 0.29) is 6.10 Å². The number of ether oxygens (including phenoxy) is 1. The Morgan fingerprint density at radius 2 is 2.21 bits per heavy atom. The highest BCUT2D eigenvalue weighted by molar-refractivity contribution is 5.36. The summed E-state index contributed by atoms with van der Waals surface area (Å²) in [6, 6.07) is 6.26. The van der Waals surface area contributed by atoms with Crippen LogP contribution in [0.2, 0.25) is 0 Å². The van der Waals surface area contributed by atoms with E-state index in [2.05, 4.69) is 24.4 Å². The first-order valence-electron chi connectivity index (χ1n) is 7.21. The van der Waals surface area contributed by atoms with Gasteiger partial charge < -0.3 is 15.2 Å². The minimum absolute atomic E-state index is 0.0888. The van der Waals surface area contributed by atoms with Crippen LogP contribution in [-0.2, 0) is 6.54 Å². The van der Waals surface area contributed by atoms with Gasteiger partial charge in [0.2, 0.25) is 0 Å². The average Bonchev–Trinajstić information content (AvgIpc) is 2.39. The number of aliphatic hydroxyl groups is 1. The minimum Gasteiger partial charge on any atom is -0.496 e. The topological polar surface area (TPSA) is 41.5 Å². The minimum atomic E-state index is -0.0888. The molecule has 19 heavy (non-hydrogen) atoms. The molecule has 2 N–H and O–H groups in total. The predicted molar refractivity (Wildman–Crippen MR) is 77.4 cm³/mol. The average molecular weight is 263 g/mol.